The van der Waals surface area contributed by atoms with E-state index in [1.54, 1.807) is 0 Å². The van der Waals surface area contributed by atoms with Crippen molar-refractivity contribution < 1.29 is 14.7 Å². The van der Waals surface area contributed by atoms with Crippen LogP contribution in [-0.2, 0) is 0 Å². The first kappa shape index (κ1) is 15.2. The van der Waals surface area contributed by atoms with Crippen LogP contribution in [0.1, 0.15) is 20.7 Å². The predicted molar refractivity (Wildman–Crippen MR) is 80.6 cm³/mol. The summed E-state index contributed by atoms with van der Waals surface area (Å²) in [4.78, 5) is 23.1. The molecular formula is C14H10Cl2N2O3. The molecule has 0 saturated heterocycles. The fourth-order valence-corrected chi connectivity index (χ4v) is 2.47. The summed E-state index contributed by atoms with van der Waals surface area (Å²) in [6, 6.07) is 7.15. The average Bonchev–Trinajstić information content (AvgIpc) is 2.43. The molecule has 0 aromatic heterocycles. The Morgan fingerprint density at radius 2 is 1.38 bits per heavy atom. The molecule has 0 atom stereocenters. The molecule has 5 N–H and O–H groups in total. The second-order valence-electron chi connectivity index (χ2n) is 4.25. The first-order valence-corrected chi connectivity index (χ1v) is 6.49. The number of primary amides is 2. The maximum atomic E-state index is 11.6. The summed E-state index contributed by atoms with van der Waals surface area (Å²) < 4.78 is 0. The number of benzene rings is 2. The smallest absolute Gasteiger partial charge is 0.249 e. The van der Waals surface area contributed by atoms with Gasteiger partial charge < -0.3 is 16.6 Å². The maximum Gasteiger partial charge on any atom is 0.249 e. The zero-order chi connectivity index (χ0) is 15.7. The molecule has 0 saturated carbocycles. The third-order valence-electron chi connectivity index (χ3n) is 2.90. The monoisotopic (exact) mass is 324 g/mol. The molecule has 0 spiro atoms. The van der Waals surface area contributed by atoms with E-state index in [1.165, 1.54) is 30.3 Å². The number of carbonyl (C=O) groups is 2. The molecule has 2 aromatic carbocycles. The number of phenolic OH excluding ortho intramolecular Hbond substituents is 1. The molecule has 0 aliphatic heterocycles. The molecule has 0 heterocycles. The second kappa shape index (κ2) is 5.63. The van der Waals surface area contributed by atoms with Crippen molar-refractivity contribution in [2.75, 3.05) is 0 Å². The van der Waals surface area contributed by atoms with Gasteiger partial charge in [0.1, 0.15) is 0 Å². The number of aromatic hydroxyl groups is 1. The van der Waals surface area contributed by atoms with Crippen LogP contribution in [0.25, 0.3) is 11.1 Å². The summed E-state index contributed by atoms with van der Waals surface area (Å²) in [5, 5.41) is 9.55. The predicted octanol–water partition coefficient (Wildman–Crippen LogP) is 2.56. The van der Waals surface area contributed by atoms with Gasteiger partial charge in [-0.3, -0.25) is 9.59 Å². The number of amides is 2. The van der Waals surface area contributed by atoms with E-state index in [2.05, 4.69) is 0 Å². The van der Waals surface area contributed by atoms with Gasteiger partial charge in [0.15, 0.2) is 5.75 Å². The SMILES string of the molecule is NC(=O)c1cccc(C(N)=O)c1-c1cc(Cl)c(O)c(Cl)c1. The van der Waals surface area contributed by atoms with Gasteiger partial charge in [-0.15, -0.1) is 0 Å². The number of phenols is 1. The molecule has 0 fully saturated rings. The molecule has 0 bridgehead atoms. The Morgan fingerprint density at radius 1 is 0.952 bits per heavy atom. The van der Waals surface area contributed by atoms with E-state index in [9.17, 15) is 14.7 Å². The summed E-state index contributed by atoms with van der Waals surface area (Å²) >= 11 is 11.7. The highest BCUT2D eigenvalue weighted by molar-refractivity contribution is 6.37. The molecule has 108 valence electrons. The van der Waals surface area contributed by atoms with Gasteiger partial charge in [0.05, 0.1) is 10.0 Å². The van der Waals surface area contributed by atoms with E-state index in [1.807, 2.05) is 0 Å². The van der Waals surface area contributed by atoms with E-state index >= 15 is 0 Å². The minimum atomic E-state index is -0.728. The molecule has 0 radical (unpaired) electrons. The van der Waals surface area contributed by atoms with Crippen molar-refractivity contribution in [3.05, 3.63) is 51.5 Å². The summed E-state index contributed by atoms with van der Waals surface area (Å²) in [5.74, 6) is -1.75. The Hall–Kier alpha value is -2.24. The van der Waals surface area contributed by atoms with Crippen LogP contribution in [0.5, 0.6) is 5.75 Å². The van der Waals surface area contributed by atoms with Gasteiger partial charge in [-0.2, -0.15) is 0 Å². The third-order valence-corrected chi connectivity index (χ3v) is 3.48. The van der Waals surface area contributed by atoms with Crippen LogP contribution in [0, 0.1) is 0 Å². The number of hydrogen-bond donors (Lipinski definition) is 3. The van der Waals surface area contributed by atoms with Crippen LogP contribution in [0.3, 0.4) is 0 Å². The lowest BCUT2D eigenvalue weighted by Crippen LogP contribution is -2.18. The normalized spacial score (nSPS) is 10.4. The minimum Gasteiger partial charge on any atom is -0.505 e. The van der Waals surface area contributed by atoms with Gasteiger partial charge in [0, 0.05) is 16.7 Å². The Bertz CT molecular complexity index is 705. The van der Waals surface area contributed by atoms with E-state index in [4.69, 9.17) is 34.7 Å². The van der Waals surface area contributed by atoms with Crippen molar-refractivity contribution in [3.8, 4) is 16.9 Å². The second-order valence-corrected chi connectivity index (χ2v) is 5.06. The van der Waals surface area contributed by atoms with E-state index < -0.39 is 11.8 Å². The van der Waals surface area contributed by atoms with Crippen LogP contribution in [0.15, 0.2) is 30.3 Å². The van der Waals surface area contributed by atoms with Crippen molar-refractivity contribution in [3.63, 3.8) is 0 Å². The van der Waals surface area contributed by atoms with Gasteiger partial charge in [-0.1, -0.05) is 29.3 Å². The lowest BCUT2D eigenvalue weighted by atomic mass is 9.93. The summed E-state index contributed by atoms with van der Waals surface area (Å²) in [5.41, 5.74) is 11.4. The van der Waals surface area contributed by atoms with Crippen molar-refractivity contribution in [2.45, 2.75) is 0 Å². The number of nitrogens with two attached hydrogens (primary N) is 2. The zero-order valence-corrected chi connectivity index (χ0v) is 12.1. The Morgan fingerprint density at radius 3 is 1.76 bits per heavy atom. The van der Waals surface area contributed by atoms with Gasteiger partial charge in [0.2, 0.25) is 11.8 Å². The van der Waals surface area contributed by atoms with Crippen LogP contribution in [0.2, 0.25) is 10.0 Å². The molecule has 0 aliphatic rings. The van der Waals surface area contributed by atoms with Crippen LogP contribution >= 0.6 is 23.2 Å². The first-order chi connectivity index (χ1) is 9.82. The van der Waals surface area contributed by atoms with E-state index in [0.29, 0.717) is 5.56 Å². The van der Waals surface area contributed by atoms with Gasteiger partial charge in [-0.25, -0.2) is 0 Å². The van der Waals surface area contributed by atoms with Gasteiger partial charge in [0.25, 0.3) is 0 Å². The van der Waals surface area contributed by atoms with E-state index in [0.717, 1.165) is 0 Å². The number of rotatable bonds is 3. The topological polar surface area (TPSA) is 106 Å². The fourth-order valence-electron chi connectivity index (χ4n) is 1.98. The molecule has 0 unspecified atom stereocenters. The average molecular weight is 325 g/mol. The summed E-state index contributed by atoms with van der Waals surface area (Å²) in [7, 11) is 0. The van der Waals surface area contributed by atoms with Crippen LogP contribution in [0.4, 0.5) is 0 Å². The highest BCUT2D eigenvalue weighted by Crippen LogP contribution is 2.38. The standard InChI is InChI=1S/C14H10Cl2N2O3/c15-9-4-6(5-10(16)12(9)19)11-7(13(17)20)2-1-3-8(11)14(18)21/h1-5,19H,(H2,17,20)(H2,18,21). The molecule has 2 aromatic rings. The highest BCUT2D eigenvalue weighted by Gasteiger charge is 2.19. The lowest BCUT2D eigenvalue weighted by Gasteiger charge is -2.13. The molecule has 5 nitrogen and oxygen atoms in total. The quantitative estimate of drug-likeness (QED) is 0.807. The fraction of sp³-hybridized carbons (Fsp3) is 0. The first-order valence-electron chi connectivity index (χ1n) is 5.74. The van der Waals surface area contributed by atoms with E-state index in [-0.39, 0.29) is 32.5 Å². The van der Waals surface area contributed by atoms with Gasteiger partial charge in [-0.05, 0) is 29.8 Å². The number of halogens is 2. The molecule has 2 amide bonds. The maximum absolute atomic E-state index is 11.6. The molecule has 0 aliphatic carbocycles. The number of hydrogen-bond acceptors (Lipinski definition) is 3. The zero-order valence-electron chi connectivity index (χ0n) is 10.6. The Labute approximate surface area is 130 Å². The van der Waals surface area contributed by atoms with Crippen molar-refractivity contribution >= 4 is 35.0 Å². The van der Waals surface area contributed by atoms with Gasteiger partial charge >= 0.3 is 0 Å². The third kappa shape index (κ3) is 2.79. The molecule has 7 heteroatoms. The van der Waals surface area contributed by atoms with Crippen molar-refractivity contribution in [1.29, 1.82) is 0 Å². The van der Waals surface area contributed by atoms with Crippen molar-refractivity contribution in [2.24, 2.45) is 11.5 Å². The lowest BCUT2D eigenvalue weighted by molar-refractivity contribution is 0.0999. The molecule has 2 rings (SSSR count). The summed E-state index contributed by atoms with van der Waals surface area (Å²) in [6.07, 6.45) is 0. The van der Waals surface area contributed by atoms with Crippen molar-refractivity contribution in [1.82, 2.24) is 0 Å². The highest BCUT2D eigenvalue weighted by atomic mass is 35.5. The summed E-state index contributed by atoms with van der Waals surface area (Å²) in [6.45, 7) is 0. The Balaban J connectivity index is 2.84. The number of carbonyl (C=O) groups excluding carboxylic acids is 2. The van der Waals surface area contributed by atoms with Crippen LogP contribution < -0.4 is 11.5 Å². The largest absolute Gasteiger partial charge is 0.505 e. The Kier molecular flexibility index (Phi) is 4.06. The molecule has 21 heavy (non-hydrogen) atoms. The molecular weight excluding hydrogens is 315 g/mol. The minimum absolute atomic E-state index is 0.0211. The van der Waals surface area contributed by atoms with Crippen LogP contribution in [-0.4, -0.2) is 16.9 Å².